The SMILES string of the molecule is C[C@@H](C#N)[NH+]1CCN(c2ccc([N+](=O)[O-])cc2)CC1. The Morgan fingerprint density at radius 1 is 1.37 bits per heavy atom. The van der Waals surface area contributed by atoms with Gasteiger partial charge in [-0.25, -0.2) is 0 Å². The molecule has 1 N–H and O–H groups in total. The number of benzene rings is 1. The zero-order valence-corrected chi connectivity index (χ0v) is 10.9. The first-order chi connectivity index (χ1) is 9.11. The van der Waals surface area contributed by atoms with E-state index in [9.17, 15) is 10.1 Å². The van der Waals surface area contributed by atoms with Crippen molar-refractivity contribution < 1.29 is 9.82 Å². The lowest BCUT2D eigenvalue weighted by atomic mass is 10.2. The van der Waals surface area contributed by atoms with Crippen molar-refractivity contribution >= 4 is 11.4 Å². The van der Waals surface area contributed by atoms with Gasteiger partial charge in [-0.15, -0.1) is 0 Å². The van der Waals surface area contributed by atoms with Gasteiger partial charge < -0.3 is 9.80 Å². The molecular weight excluding hydrogens is 244 g/mol. The maximum Gasteiger partial charge on any atom is 0.269 e. The second-order valence-electron chi connectivity index (χ2n) is 4.77. The van der Waals surface area contributed by atoms with E-state index in [1.807, 2.05) is 6.92 Å². The number of quaternary nitrogens is 1. The minimum absolute atomic E-state index is 0.0269. The molecule has 1 aliphatic heterocycles. The predicted molar refractivity (Wildman–Crippen MR) is 71.1 cm³/mol. The Kier molecular flexibility index (Phi) is 3.97. The molecule has 2 rings (SSSR count). The van der Waals surface area contributed by atoms with Crippen molar-refractivity contribution in [1.82, 2.24) is 0 Å². The summed E-state index contributed by atoms with van der Waals surface area (Å²) >= 11 is 0. The summed E-state index contributed by atoms with van der Waals surface area (Å²) in [7, 11) is 0. The number of hydrogen-bond acceptors (Lipinski definition) is 4. The molecular formula is C13H17N4O2+. The minimum Gasteiger partial charge on any atom is -0.360 e. The van der Waals surface area contributed by atoms with Crippen molar-refractivity contribution in [3.8, 4) is 6.07 Å². The Bertz CT molecular complexity index is 486. The van der Waals surface area contributed by atoms with Gasteiger partial charge in [0.15, 0.2) is 6.04 Å². The molecule has 6 heteroatoms. The van der Waals surface area contributed by atoms with Crippen molar-refractivity contribution in [2.75, 3.05) is 31.1 Å². The highest BCUT2D eigenvalue weighted by atomic mass is 16.6. The van der Waals surface area contributed by atoms with Gasteiger partial charge in [-0.3, -0.25) is 10.1 Å². The molecule has 0 amide bonds. The van der Waals surface area contributed by atoms with E-state index in [1.165, 1.54) is 17.0 Å². The van der Waals surface area contributed by atoms with Crippen LogP contribution in [-0.4, -0.2) is 37.1 Å². The molecule has 1 aliphatic rings. The molecule has 1 saturated heterocycles. The summed E-state index contributed by atoms with van der Waals surface area (Å²) in [6.45, 7) is 5.53. The predicted octanol–water partition coefficient (Wildman–Crippen LogP) is 0.212. The molecule has 1 aromatic carbocycles. The fourth-order valence-corrected chi connectivity index (χ4v) is 2.36. The molecule has 0 aromatic heterocycles. The highest BCUT2D eigenvalue weighted by molar-refractivity contribution is 5.50. The number of nitro benzene ring substituents is 1. The number of rotatable bonds is 3. The van der Waals surface area contributed by atoms with E-state index in [2.05, 4.69) is 11.0 Å². The van der Waals surface area contributed by atoms with E-state index in [0.717, 1.165) is 31.9 Å². The van der Waals surface area contributed by atoms with Crippen LogP contribution in [0.5, 0.6) is 0 Å². The van der Waals surface area contributed by atoms with Gasteiger partial charge in [0.25, 0.3) is 5.69 Å². The Balaban J connectivity index is 1.98. The lowest BCUT2D eigenvalue weighted by molar-refractivity contribution is -0.915. The second kappa shape index (κ2) is 5.67. The zero-order chi connectivity index (χ0) is 13.8. The van der Waals surface area contributed by atoms with Gasteiger partial charge in [-0.2, -0.15) is 5.26 Å². The average Bonchev–Trinajstić information content (AvgIpc) is 2.46. The molecule has 1 heterocycles. The lowest BCUT2D eigenvalue weighted by Gasteiger charge is -2.34. The number of nitrogens with one attached hydrogen (secondary N) is 1. The van der Waals surface area contributed by atoms with Gasteiger partial charge in [-0.05, 0) is 12.1 Å². The first-order valence-electron chi connectivity index (χ1n) is 6.35. The molecule has 0 radical (unpaired) electrons. The van der Waals surface area contributed by atoms with Gasteiger partial charge in [-0.1, -0.05) is 0 Å². The zero-order valence-electron chi connectivity index (χ0n) is 10.9. The van der Waals surface area contributed by atoms with Crippen LogP contribution in [0.2, 0.25) is 0 Å². The molecule has 1 atom stereocenters. The summed E-state index contributed by atoms with van der Waals surface area (Å²) in [5.74, 6) is 0. The fourth-order valence-electron chi connectivity index (χ4n) is 2.36. The van der Waals surface area contributed by atoms with Gasteiger partial charge in [0, 0.05) is 24.7 Å². The Morgan fingerprint density at radius 2 is 1.95 bits per heavy atom. The normalized spacial score (nSPS) is 17.8. The number of non-ortho nitro benzene ring substituents is 1. The monoisotopic (exact) mass is 261 g/mol. The summed E-state index contributed by atoms with van der Waals surface area (Å²) in [5, 5.41) is 19.5. The van der Waals surface area contributed by atoms with E-state index < -0.39 is 0 Å². The summed E-state index contributed by atoms with van der Waals surface area (Å²) in [6.07, 6.45) is 0. The topological polar surface area (TPSA) is 74.6 Å². The number of nitro groups is 1. The van der Waals surface area contributed by atoms with Crippen LogP contribution in [0.3, 0.4) is 0 Å². The quantitative estimate of drug-likeness (QED) is 0.623. The van der Waals surface area contributed by atoms with Crippen LogP contribution < -0.4 is 9.80 Å². The molecule has 6 nitrogen and oxygen atoms in total. The second-order valence-corrected chi connectivity index (χ2v) is 4.77. The van der Waals surface area contributed by atoms with E-state index in [0.29, 0.717) is 0 Å². The van der Waals surface area contributed by atoms with Crippen molar-refractivity contribution in [2.45, 2.75) is 13.0 Å². The van der Waals surface area contributed by atoms with Gasteiger partial charge >= 0.3 is 0 Å². The number of anilines is 1. The lowest BCUT2D eigenvalue weighted by Crippen LogP contribution is -3.17. The largest absolute Gasteiger partial charge is 0.360 e. The number of piperazine rings is 1. The van der Waals surface area contributed by atoms with Crippen molar-refractivity contribution in [1.29, 1.82) is 5.26 Å². The molecule has 0 bridgehead atoms. The minimum atomic E-state index is -0.388. The van der Waals surface area contributed by atoms with Gasteiger partial charge in [0.2, 0.25) is 0 Å². The van der Waals surface area contributed by atoms with Crippen LogP contribution >= 0.6 is 0 Å². The maximum absolute atomic E-state index is 10.6. The van der Waals surface area contributed by atoms with Crippen LogP contribution in [0.1, 0.15) is 6.92 Å². The van der Waals surface area contributed by atoms with Crippen molar-refractivity contribution in [3.63, 3.8) is 0 Å². The van der Waals surface area contributed by atoms with Crippen LogP contribution in [0.4, 0.5) is 11.4 Å². The molecule has 1 fully saturated rings. The van der Waals surface area contributed by atoms with Crippen LogP contribution in [0.25, 0.3) is 0 Å². The van der Waals surface area contributed by atoms with E-state index in [4.69, 9.17) is 5.26 Å². The highest BCUT2D eigenvalue weighted by Gasteiger charge is 2.24. The Labute approximate surface area is 112 Å². The third-order valence-electron chi connectivity index (χ3n) is 3.64. The van der Waals surface area contributed by atoms with E-state index in [-0.39, 0.29) is 16.7 Å². The molecule has 1 aromatic rings. The Hall–Kier alpha value is -2.13. The summed E-state index contributed by atoms with van der Waals surface area (Å²) in [5.41, 5.74) is 1.13. The van der Waals surface area contributed by atoms with E-state index in [1.54, 1.807) is 12.1 Å². The molecule has 19 heavy (non-hydrogen) atoms. The molecule has 100 valence electrons. The number of nitrogens with zero attached hydrogens (tertiary/aromatic N) is 3. The van der Waals surface area contributed by atoms with Crippen LogP contribution in [-0.2, 0) is 0 Å². The summed E-state index contributed by atoms with van der Waals surface area (Å²) in [6, 6.07) is 8.95. The molecule has 0 spiro atoms. The molecule has 0 saturated carbocycles. The van der Waals surface area contributed by atoms with Crippen molar-refractivity contribution in [2.24, 2.45) is 0 Å². The smallest absolute Gasteiger partial charge is 0.269 e. The fraction of sp³-hybridized carbons (Fsp3) is 0.462. The third-order valence-corrected chi connectivity index (χ3v) is 3.64. The van der Waals surface area contributed by atoms with Gasteiger partial charge in [0.1, 0.15) is 6.07 Å². The maximum atomic E-state index is 10.6. The molecule has 0 unspecified atom stereocenters. The number of hydrogen-bond donors (Lipinski definition) is 1. The average molecular weight is 261 g/mol. The van der Waals surface area contributed by atoms with Crippen molar-refractivity contribution in [3.05, 3.63) is 34.4 Å². The van der Waals surface area contributed by atoms with Crippen LogP contribution in [0.15, 0.2) is 24.3 Å². The standard InChI is InChI=1S/C13H16N4O2/c1-11(10-14)15-6-8-16(9-7-15)12-2-4-13(5-3-12)17(18)19/h2-5,11H,6-9H2,1H3/p+1/t11-/m0/s1. The van der Waals surface area contributed by atoms with Gasteiger partial charge in [0.05, 0.1) is 31.1 Å². The third kappa shape index (κ3) is 3.01. The van der Waals surface area contributed by atoms with Crippen LogP contribution in [0, 0.1) is 21.4 Å². The van der Waals surface area contributed by atoms with E-state index >= 15 is 0 Å². The summed E-state index contributed by atoms with van der Waals surface area (Å²) < 4.78 is 0. The molecule has 0 aliphatic carbocycles. The first kappa shape index (κ1) is 13.3. The highest BCUT2D eigenvalue weighted by Crippen LogP contribution is 2.19. The Morgan fingerprint density at radius 3 is 2.42 bits per heavy atom. The number of nitriles is 1. The summed E-state index contributed by atoms with van der Waals surface area (Å²) in [4.78, 5) is 13.7. The first-order valence-corrected chi connectivity index (χ1v) is 6.35.